The second kappa shape index (κ2) is 6.49. The maximum atomic E-state index is 5.44. The van der Waals surface area contributed by atoms with Crippen LogP contribution >= 0.6 is 15.9 Å². The number of aryl methyl sites for hydroxylation is 1. The minimum absolute atomic E-state index is 0.566. The highest BCUT2D eigenvalue weighted by Crippen LogP contribution is 2.26. The molecule has 6 heteroatoms. The number of nitrogens with two attached hydrogens (primary N) is 1. The summed E-state index contributed by atoms with van der Waals surface area (Å²) in [6, 6.07) is 7.95. The molecule has 0 amide bonds. The monoisotopic (exact) mass is 321 g/mol. The first kappa shape index (κ1) is 13.8. The van der Waals surface area contributed by atoms with Gasteiger partial charge in [0.25, 0.3) is 0 Å². The molecule has 0 bridgehead atoms. The zero-order valence-corrected chi connectivity index (χ0v) is 12.2. The molecule has 100 valence electrons. The van der Waals surface area contributed by atoms with Crippen LogP contribution in [-0.4, -0.2) is 23.1 Å². The van der Waals surface area contributed by atoms with Gasteiger partial charge in [-0.3, -0.25) is 0 Å². The summed E-state index contributed by atoms with van der Waals surface area (Å²) in [6.07, 6.45) is 1.52. The molecule has 2 rings (SSSR count). The van der Waals surface area contributed by atoms with E-state index in [1.165, 1.54) is 11.9 Å². The third-order valence-electron chi connectivity index (χ3n) is 2.50. The lowest BCUT2D eigenvalue weighted by atomic mass is 10.2. The van der Waals surface area contributed by atoms with Crippen LogP contribution in [0.5, 0.6) is 0 Å². The maximum Gasteiger partial charge on any atom is 0.135 e. The lowest BCUT2D eigenvalue weighted by Crippen LogP contribution is -2.14. The third-order valence-corrected chi connectivity index (χ3v) is 3.16. The molecule has 0 aliphatic rings. The van der Waals surface area contributed by atoms with E-state index in [9.17, 15) is 0 Å². The number of rotatable bonds is 5. The number of aromatic nitrogens is 2. The van der Waals surface area contributed by atoms with Crippen molar-refractivity contribution in [1.82, 2.24) is 9.97 Å². The summed E-state index contributed by atoms with van der Waals surface area (Å²) in [5.74, 6) is 1.49. The molecule has 4 N–H and O–H groups in total. The van der Waals surface area contributed by atoms with Gasteiger partial charge < -0.3 is 16.4 Å². The SMILES string of the molecule is Cc1ccc(Nc2cc(NCCN)ncn2)c(Br)c1. The van der Waals surface area contributed by atoms with Gasteiger partial charge in [-0.2, -0.15) is 0 Å². The topological polar surface area (TPSA) is 75.9 Å². The predicted octanol–water partition coefficient (Wildman–Crippen LogP) is 2.66. The second-order valence-electron chi connectivity index (χ2n) is 4.11. The molecule has 0 atom stereocenters. The van der Waals surface area contributed by atoms with Gasteiger partial charge in [0.05, 0.1) is 5.69 Å². The molecule has 0 unspecified atom stereocenters. The highest BCUT2D eigenvalue weighted by Gasteiger charge is 2.03. The van der Waals surface area contributed by atoms with Crippen molar-refractivity contribution >= 4 is 33.3 Å². The predicted molar refractivity (Wildman–Crippen MR) is 81.7 cm³/mol. The van der Waals surface area contributed by atoms with Gasteiger partial charge in [-0.25, -0.2) is 9.97 Å². The Labute approximate surface area is 120 Å². The third kappa shape index (κ3) is 3.90. The molecule has 0 saturated heterocycles. The average molecular weight is 322 g/mol. The van der Waals surface area contributed by atoms with Crippen LogP contribution in [0.2, 0.25) is 0 Å². The van der Waals surface area contributed by atoms with E-state index >= 15 is 0 Å². The zero-order chi connectivity index (χ0) is 13.7. The molecule has 0 aliphatic heterocycles. The Bertz CT molecular complexity index is 558. The standard InChI is InChI=1S/C13H16BrN5/c1-9-2-3-11(10(14)6-9)19-13-7-12(16-5-4-15)17-8-18-13/h2-3,6-8H,4-5,15H2,1H3,(H2,16,17,18,19). The number of hydrogen-bond acceptors (Lipinski definition) is 5. The van der Waals surface area contributed by atoms with E-state index < -0.39 is 0 Å². The molecule has 1 aromatic heterocycles. The second-order valence-corrected chi connectivity index (χ2v) is 4.97. The van der Waals surface area contributed by atoms with Crippen molar-refractivity contribution in [1.29, 1.82) is 0 Å². The Kier molecular flexibility index (Phi) is 4.70. The van der Waals surface area contributed by atoms with Crippen LogP contribution in [0.3, 0.4) is 0 Å². The lowest BCUT2D eigenvalue weighted by Gasteiger charge is -2.10. The highest BCUT2D eigenvalue weighted by atomic mass is 79.9. The van der Waals surface area contributed by atoms with E-state index in [2.05, 4.69) is 42.6 Å². The normalized spacial score (nSPS) is 10.3. The average Bonchev–Trinajstić information content (AvgIpc) is 2.40. The maximum absolute atomic E-state index is 5.44. The van der Waals surface area contributed by atoms with Crippen molar-refractivity contribution in [2.45, 2.75) is 6.92 Å². The first-order valence-electron chi connectivity index (χ1n) is 5.98. The number of anilines is 3. The van der Waals surface area contributed by atoms with Crippen LogP contribution in [0.25, 0.3) is 0 Å². The molecule has 0 saturated carbocycles. The van der Waals surface area contributed by atoms with E-state index in [4.69, 9.17) is 5.73 Å². The number of nitrogens with one attached hydrogen (secondary N) is 2. The van der Waals surface area contributed by atoms with Crippen LogP contribution in [0, 0.1) is 6.92 Å². The molecule has 2 aromatic rings. The van der Waals surface area contributed by atoms with Crippen molar-refractivity contribution in [3.05, 3.63) is 40.6 Å². The summed E-state index contributed by atoms with van der Waals surface area (Å²) >= 11 is 3.53. The molecule has 0 fully saturated rings. The fraction of sp³-hybridized carbons (Fsp3) is 0.231. The highest BCUT2D eigenvalue weighted by molar-refractivity contribution is 9.10. The van der Waals surface area contributed by atoms with Crippen molar-refractivity contribution in [2.24, 2.45) is 5.73 Å². The smallest absolute Gasteiger partial charge is 0.135 e. The molecular formula is C13H16BrN5. The van der Waals surface area contributed by atoms with Crippen molar-refractivity contribution in [2.75, 3.05) is 23.7 Å². The summed E-state index contributed by atoms with van der Waals surface area (Å²) in [4.78, 5) is 8.32. The van der Waals surface area contributed by atoms with E-state index in [0.717, 1.165) is 21.8 Å². The van der Waals surface area contributed by atoms with Crippen LogP contribution < -0.4 is 16.4 Å². The van der Waals surface area contributed by atoms with E-state index in [0.29, 0.717) is 13.1 Å². The van der Waals surface area contributed by atoms with E-state index in [1.54, 1.807) is 0 Å². The van der Waals surface area contributed by atoms with Gasteiger partial charge in [0.2, 0.25) is 0 Å². The molecular weight excluding hydrogens is 306 g/mol. The van der Waals surface area contributed by atoms with E-state index in [-0.39, 0.29) is 0 Å². The van der Waals surface area contributed by atoms with Gasteiger partial charge in [0.15, 0.2) is 0 Å². The molecule has 19 heavy (non-hydrogen) atoms. The van der Waals surface area contributed by atoms with Crippen LogP contribution in [0.15, 0.2) is 35.1 Å². The summed E-state index contributed by atoms with van der Waals surface area (Å²) in [6.45, 7) is 3.30. The molecule has 0 spiro atoms. The number of nitrogens with zero attached hydrogens (tertiary/aromatic N) is 2. The quantitative estimate of drug-likeness (QED) is 0.789. The number of halogens is 1. The summed E-state index contributed by atoms with van der Waals surface area (Å²) < 4.78 is 1.00. The van der Waals surface area contributed by atoms with Crippen molar-refractivity contribution in [3.63, 3.8) is 0 Å². The zero-order valence-electron chi connectivity index (χ0n) is 10.7. The fourth-order valence-electron chi connectivity index (χ4n) is 1.58. The Morgan fingerprint density at radius 2 is 2.00 bits per heavy atom. The fourth-order valence-corrected chi connectivity index (χ4v) is 2.17. The van der Waals surface area contributed by atoms with Crippen LogP contribution in [-0.2, 0) is 0 Å². The summed E-state index contributed by atoms with van der Waals surface area (Å²) in [5, 5.41) is 6.36. The molecule has 0 radical (unpaired) electrons. The van der Waals surface area contributed by atoms with Gasteiger partial charge in [0, 0.05) is 23.6 Å². The molecule has 1 heterocycles. The number of benzene rings is 1. The lowest BCUT2D eigenvalue weighted by molar-refractivity contribution is 1.00. The Morgan fingerprint density at radius 1 is 1.21 bits per heavy atom. The first-order valence-corrected chi connectivity index (χ1v) is 6.77. The van der Waals surface area contributed by atoms with Crippen LogP contribution in [0.4, 0.5) is 17.3 Å². The number of hydrogen-bond donors (Lipinski definition) is 3. The summed E-state index contributed by atoms with van der Waals surface area (Å²) in [5.41, 5.74) is 7.61. The van der Waals surface area contributed by atoms with Gasteiger partial charge >= 0.3 is 0 Å². The Hall–Kier alpha value is -1.66. The van der Waals surface area contributed by atoms with Crippen LogP contribution in [0.1, 0.15) is 5.56 Å². The Morgan fingerprint density at radius 3 is 2.74 bits per heavy atom. The van der Waals surface area contributed by atoms with Gasteiger partial charge in [-0.15, -0.1) is 0 Å². The van der Waals surface area contributed by atoms with Gasteiger partial charge in [0.1, 0.15) is 18.0 Å². The minimum Gasteiger partial charge on any atom is -0.369 e. The Balaban J connectivity index is 2.14. The van der Waals surface area contributed by atoms with Gasteiger partial charge in [-0.1, -0.05) is 6.07 Å². The minimum atomic E-state index is 0.566. The summed E-state index contributed by atoms with van der Waals surface area (Å²) in [7, 11) is 0. The molecule has 1 aromatic carbocycles. The van der Waals surface area contributed by atoms with Crippen molar-refractivity contribution in [3.8, 4) is 0 Å². The largest absolute Gasteiger partial charge is 0.369 e. The van der Waals surface area contributed by atoms with Gasteiger partial charge in [-0.05, 0) is 40.5 Å². The van der Waals surface area contributed by atoms with E-state index in [1.807, 2.05) is 25.1 Å². The first-order chi connectivity index (χ1) is 9.19. The molecule has 5 nitrogen and oxygen atoms in total. The van der Waals surface area contributed by atoms with Crippen molar-refractivity contribution < 1.29 is 0 Å². The molecule has 0 aliphatic carbocycles.